The Labute approximate surface area is 118 Å². The summed E-state index contributed by atoms with van der Waals surface area (Å²) in [5, 5.41) is 5.74. The van der Waals surface area contributed by atoms with Crippen molar-refractivity contribution in [2.45, 2.75) is 0 Å². The third-order valence-corrected chi connectivity index (χ3v) is 3.65. The number of hydrogen-bond donors (Lipinski definition) is 2. The number of carbonyl (C=O) groups excluding carboxylic acids is 2. The lowest BCUT2D eigenvalue weighted by molar-refractivity contribution is -0.115. The number of thioether (sulfide) groups is 1. The minimum absolute atomic E-state index is 0.346. The molecule has 6 nitrogen and oxygen atoms in total. The fraction of sp³-hybridized carbons (Fsp3) is 0.0769. The summed E-state index contributed by atoms with van der Waals surface area (Å²) in [6.07, 6.45) is 3.17. The van der Waals surface area contributed by atoms with Gasteiger partial charge in [-0.2, -0.15) is 0 Å². The van der Waals surface area contributed by atoms with E-state index in [1.807, 2.05) is 18.2 Å². The van der Waals surface area contributed by atoms with E-state index in [2.05, 4.69) is 20.6 Å². The van der Waals surface area contributed by atoms with Gasteiger partial charge < -0.3 is 5.32 Å². The number of anilines is 1. The van der Waals surface area contributed by atoms with E-state index in [9.17, 15) is 9.59 Å². The molecule has 1 saturated heterocycles. The number of nitrogens with zero attached hydrogens (tertiary/aromatic N) is 2. The Kier molecular flexibility index (Phi) is 3.11. The lowest BCUT2D eigenvalue weighted by Gasteiger charge is -2.04. The molecule has 0 unspecified atom stereocenters. The highest BCUT2D eigenvalue weighted by Crippen LogP contribution is 2.27. The summed E-state index contributed by atoms with van der Waals surface area (Å²) >= 11 is 0.898. The monoisotopic (exact) mass is 286 g/mol. The van der Waals surface area contributed by atoms with Crippen LogP contribution in [0.1, 0.15) is 5.56 Å². The SMILES string of the molecule is CNc1ncnc2ccc(C=C3SC(=O)NC3=O)cc12. The zero-order chi connectivity index (χ0) is 14.1. The molecule has 0 atom stereocenters. The highest BCUT2D eigenvalue weighted by Gasteiger charge is 2.24. The van der Waals surface area contributed by atoms with Crippen molar-refractivity contribution in [2.75, 3.05) is 12.4 Å². The molecule has 1 aliphatic heterocycles. The van der Waals surface area contributed by atoms with Gasteiger partial charge in [-0.1, -0.05) is 6.07 Å². The molecule has 1 aliphatic rings. The fourth-order valence-electron chi connectivity index (χ4n) is 1.94. The van der Waals surface area contributed by atoms with Crippen LogP contribution in [0.5, 0.6) is 0 Å². The van der Waals surface area contributed by atoms with E-state index in [1.54, 1.807) is 13.1 Å². The fourth-order valence-corrected chi connectivity index (χ4v) is 2.62. The second-order valence-electron chi connectivity index (χ2n) is 4.10. The summed E-state index contributed by atoms with van der Waals surface area (Å²) in [5.41, 5.74) is 1.63. The molecule has 20 heavy (non-hydrogen) atoms. The summed E-state index contributed by atoms with van der Waals surface area (Å²) in [4.78, 5) is 31.4. The minimum Gasteiger partial charge on any atom is -0.373 e. The van der Waals surface area contributed by atoms with Crippen LogP contribution in [0.4, 0.5) is 10.6 Å². The van der Waals surface area contributed by atoms with Crippen LogP contribution in [0.2, 0.25) is 0 Å². The molecule has 3 rings (SSSR count). The molecule has 1 aromatic heterocycles. The van der Waals surface area contributed by atoms with Crippen LogP contribution in [0.25, 0.3) is 17.0 Å². The minimum atomic E-state index is -0.363. The molecule has 0 saturated carbocycles. The van der Waals surface area contributed by atoms with Gasteiger partial charge in [0.15, 0.2) is 0 Å². The number of hydrogen-bond acceptors (Lipinski definition) is 6. The van der Waals surface area contributed by atoms with Crippen molar-refractivity contribution in [3.05, 3.63) is 35.0 Å². The molecule has 0 radical (unpaired) electrons. The molecule has 7 heteroatoms. The first-order valence-corrected chi connectivity index (χ1v) is 6.66. The Bertz CT molecular complexity index is 757. The van der Waals surface area contributed by atoms with Crippen molar-refractivity contribution < 1.29 is 9.59 Å². The molecule has 2 heterocycles. The molecule has 0 bridgehead atoms. The van der Waals surface area contributed by atoms with Gasteiger partial charge in [0.1, 0.15) is 12.1 Å². The Balaban J connectivity index is 2.07. The van der Waals surface area contributed by atoms with Crippen molar-refractivity contribution in [3.63, 3.8) is 0 Å². The third-order valence-electron chi connectivity index (χ3n) is 2.84. The van der Waals surface area contributed by atoms with Gasteiger partial charge in [-0.25, -0.2) is 9.97 Å². The molecule has 0 aliphatic carbocycles. The topological polar surface area (TPSA) is 84.0 Å². The van der Waals surface area contributed by atoms with E-state index in [-0.39, 0.29) is 11.1 Å². The smallest absolute Gasteiger partial charge is 0.290 e. The van der Waals surface area contributed by atoms with Gasteiger partial charge in [0, 0.05) is 12.4 Å². The average molecular weight is 286 g/mol. The van der Waals surface area contributed by atoms with E-state index in [0.717, 1.165) is 34.0 Å². The Hall–Kier alpha value is -2.41. The Morgan fingerprint density at radius 3 is 2.85 bits per heavy atom. The first-order valence-electron chi connectivity index (χ1n) is 5.85. The zero-order valence-corrected chi connectivity index (χ0v) is 11.3. The Morgan fingerprint density at radius 2 is 2.15 bits per heavy atom. The second-order valence-corrected chi connectivity index (χ2v) is 5.12. The number of nitrogens with one attached hydrogen (secondary N) is 2. The maximum Gasteiger partial charge on any atom is 0.290 e. The quantitative estimate of drug-likeness (QED) is 0.821. The largest absolute Gasteiger partial charge is 0.373 e. The second kappa shape index (κ2) is 4.93. The number of fused-ring (bicyclic) bond motifs is 1. The molecule has 0 spiro atoms. The Morgan fingerprint density at radius 1 is 1.30 bits per heavy atom. The summed E-state index contributed by atoms with van der Waals surface area (Å²) in [7, 11) is 1.78. The molecule has 2 aromatic rings. The maximum atomic E-state index is 11.5. The summed E-state index contributed by atoms with van der Waals surface area (Å²) < 4.78 is 0. The van der Waals surface area contributed by atoms with Gasteiger partial charge in [0.05, 0.1) is 10.4 Å². The van der Waals surface area contributed by atoms with Gasteiger partial charge in [0.25, 0.3) is 11.1 Å². The summed E-state index contributed by atoms with van der Waals surface area (Å²) in [5.74, 6) is 0.355. The summed E-state index contributed by atoms with van der Waals surface area (Å²) in [6, 6.07) is 5.58. The van der Waals surface area contributed by atoms with Crippen LogP contribution < -0.4 is 10.6 Å². The van der Waals surface area contributed by atoms with Gasteiger partial charge in [-0.3, -0.25) is 14.9 Å². The first-order chi connectivity index (χ1) is 9.67. The van der Waals surface area contributed by atoms with Crippen LogP contribution in [0.15, 0.2) is 29.4 Å². The normalized spacial score (nSPS) is 16.8. The van der Waals surface area contributed by atoms with Crippen molar-refractivity contribution in [2.24, 2.45) is 0 Å². The van der Waals surface area contributed by atoms with E-state index < -0.39 is 0 Å². The predicted octanol–water partition coefficient (Wildman–Crippen LogP) is 2.00. The van der Waals surface area contributed by atoms with Crippen molar-refractivity contribution in [1.29, 1.82) is 0 Å². The van der Waals surface area contributed by atoms with E-state index in [0.29, 0.717) is 4.91 Å². The lowest BCUT2D eigenvalue weighted by Crippen LogP contribution is -2.17. The van der Waals surface area contributed by atoms with Gasteiger partial charge in [-0.05, 0) is 35.5 Å². The third kappa shape index (κ3) is 2.23. The van der Waals surface area contributed by atoms with Crippen LogP contribution in [-0.2, 0) is 4.79 Å². The maximum absolute atomic E-state index is 11.5. The standard InChI is InChI=1S/C13H10N4O2S/c1-14-11-8-4-7(2-3-9(8)15-6-16-11)5-10-12(18)17-13(19)20-10/h2-6H,1H3,(H,14,15,16)(H,17,18,19). The summed E-state index contributed by atoms with van der Waals surface area (Å²) in [6.45, 7) is 0. The molecular weight excluding hydrogens is 276 g/mol. The van der Waals surface area contributed by atoms with Crippen molar-refractivity contribution >= 4 is 45.7 Å². The lowest BCUT2D eigenvalue weighted by atomic mass is 10.1. The number of imide groups is 1. The molecule has 100 valence electrons. The number of rotatable bonds is 2. The van der Waals surface area contributed by atoms with Gasteiger partial charge >= 0.3 is 0 Å². The number of amides is 2. The molecule has 2 amide bonds. The first kappa shape index (κ1) is 12.6. The number of carbonyl (C=O) groups is 2. The van der Waals surface area contributed by atoms with Crippen molar-refractivity contribution in [3.8, 4) is 0 Å². The van der Waals surface area contributed by atoms with E-state index in [4.69, 9.17) is 0 Å². The van der Waals surface area contributed by atoms with Gasteiger partial charge in [-0.15, -0.1) is 0 Å². The average Bonchev–Trinajstić information content (AvgIpc) is 2.76. The van der Waals surface area contributed by atoms with E-state index >= 15 is 0 Å². The zero-order valence-electron chi connectivity index (χ0n) is 10.5. The number of aromatic nitrogens is 2. The van der Waals surface area contributed by atoms with Crippen LogP contribution in [0.3, 0.4) is 0 Å². The number of benzene rings is 1. The predicted molar refractivity (Wildman–Crippen MR) is 78.2 cm³/mol. The molecule has 2 N–H and O–H groups in total. The molecule has 1 fully saturated rings. The van der Waals surface area contributed by atoms with E-state index in [1.165, 1.54) is 6.33 Å². The molecular formula is C13H10N4O2S. The van der Waals surface area contributed by atoms with Gasteiger partial charge in [0.2, 0.25) is 0 Å². The molecule has 1 aromatic carbocycles. The highest BCUT2D eigenvalue weighted by molar-refractivity contribution is 8.18. The van der Waals surface area contributed by atoms with Crippen LogP contribution in [-0.4, -0.2) is 28.2 Å². The van der Waals surface area contributed by atoms with Crippen LogP contribution >= 0.6 is 11.8 Å². The van der Waals surface area contributed by atoms with Crippen molar-refractivity contribution in [1.82, 2.24) is 15.3 Å². The van der Waals surface area contributed by atoms with Crippen LogP contribution in [0, 0.1) is 0 Å². The highest BCUT2D eigenvalue weighted by atomic mass is 32.2.